The van der Waals surface area contributed by atoms with Gasteiger partial charge in [-0.25, -0.2) is 13.1 Å². The Bertz CT molecular complexity index is 1650. The molecule has 3 aromatic heterocycles. The number of carbonyl (C=O) groups is 1. The molecule has 4 heterocycles. The second-order valence-electron chi connectivity index (χ2n) is 9.38. The number of ether oxygens (including phenoxy) is 2. The number of benzene rings is 1. The van der Waals surface area contributed by atoms with E-state index in [1.54, 1.807) is 6.07 Å². The summed E-state index contributed by atoms with van der Waals surface area (Å²) in [7, 11) is -2.53. The topological polar surface area (TPSA) is 117 Å². The van der Waals surface area contributed by atoms with Crippen molar-refractivity contribution in [3.05, 3.63) is 62.6 Å². The number of fused-ring (bicyclic) bond motifs is 2. The highest BCUT2D eigenvalue weighted by Gasteiger charge is 2.35. The third-order valence-electron chi connectivity index (χ3n) is 6.88. The molecule has 0 radical (unpaired) electrons. The molecule has 0 N–H and O–H groups in total. The highest BCUT2D eigenvalue weighted by atomic mass is 35.5. The maximum Gasteiger partial charge on any atom is 0.306 e. The molecular weight excluding hydrogens is 562 g/mol. The van der Waals surface area contributed by atoms with E-state index < -0.39 is 10.0 Å². The summed E-state index contributed by atoms with van der Waals surface area (Å²) in [6, 6.07) is 7.37. The molecule has 2 atom stereocenters. The molecular formula is C26H28ClN5O5S2. The Balaban J connectivity index is 1.53. The molecule has 5 rings (SSSR count). The van der Waals surface area contributed by atoms with E-state index in [0.29, 0.717) is 16.4 Å². The van der Waals surface area contributed by atoms with E-state index in [0.717, 1.165) is 27.0 Å². The average Bonchev–Trinajstić information content (AvgIpc) is 3.48. The maximum atomic E-state index is 13.5. The molecule has 4 aromatic rings. The lowest BCUT2D eigenvalue weighted by Crippen LogP contribution is -2.35. The highest BCUT2D eigenvalue weighted by Crippen LogP contribution is 2.41. The number of thiophene rings is 1. The summed E-state index contributed by atoms with van der Waals surface area (Å²) >= 11 is 8.03. The molecule has 0 saturated heterocycles. The third-order valence-corrected chi connectivity index (χ3v) is 10.2. The Hall–Kier alpha value is -3.06. The van der Waals surface area contributed by atoms with Gasteiger partial charge in [-0.05, 0) is 55.7 Å². The summed E-state index contributed by atoms with van der Waals surface area (Å²) in [6.07, 6.45) is 2.52. The second kappa shape index (κ2) is 10.8. The van der Waals surface area contributed by atoms with Crippen LogP contribution in [0.1, 0.15) is 47.8 Å². The van der Waals surface area contributed by atoms with Gasteiger partial charge in [0.1, 0.15) is 22.3 Å². The Morgan fingerprint density at radius 1 is 1.33 bits per heavy atom. The molecule has 0 amide bonds. The van der Waals surface area contributed by atoms with Crippen LogP contribution in [0.5, 0.6) is 5.75 Å². The largest absolute Gasteiger partial charge is 0.488 e. The molecule has 0 aliphatic carbocycles. The van der Waals surface area contributed by atoms with Crippen LogP contribution in [-0.4, -0.2) is 58.4 Å². The van der Waals surface area contributed by atoms with E-state index in [2.05, 4.69) is 15.3 Å². The fraction of sp³-hybridized carbons (Fsp3) is 0.385. The van der Waals surface area contributed by atoms with Crippen molar-refractivity contribution in [1.82, 2.24) is 24.3 Å². The van der Waals surface area contributed by atoms with Crippen molar-refractivity contribution in [3.63, 3.8) is 0 Å². The summed E-state index contributed by atoms with van der Waals surface area (Å²) in [5.41, 5.74) is 4.15. The molecule has 0 spiro atoms. The lowest BCUT2D eigenvalue weighted by atomic mass is 9.89. The number of hydrogen-bond donors (Lipinski definition) is 0. The van der Waals surface area contributed by atoms with Crippen molar-refractivity contribution in [2.24, 2.45) is 0 Å². The third kappa shape index (κ3) is 5.13. The van der Waals surface area contributed by atoms with Gasteiger partial charge in [0.2, 0.25) is 10.0 Å². The second-order valence-corrected chi connectivity index (χ2v) is 13.0. The van der Waals surface area contributed by atoms with Gasteiger partial charge in [-0.2, -0.15) is 4.31 Å². The predicted molar refractivity (Wildman–Crippen MR) is 148 cm³/mol. The fourth-order valence-corrected chi connectivity index (χ4v) is 7.84. The van der Waals surface area contributed by atoms with Gasteiger partial charge in [0.25, 0.3) is 0 Å². The summed E-state index contributed by atoms with van der Waals surface area (Å²) in [4.78, 5) is 17.3. The van der Waals surface area contributed by atoms with Gasteiger partial charge in [0, 0.05) is 30.1 Å². The summed E-state index contributed by atoms with van der Waals surface area (Å²) in [6.45, 7) is 6.66. The number of halogens is 1. The van der Waals surface area contributed by atoms with E-state index in [9.17, 15) is 13.2 Å². The number of aromatic nitrogens is 4. The number of sulfonamides is 1. The van der Waals surface area contributed by atoms with Crippen LogP contribution in [0.3, 0.4) is 0 Å². The van der Waals surface area contributed by atoms with Crippen LogP contribution >= 0.6 is 22.9 Å². The standard InChI is InChI=1S/C26H28ClN5O5S2/c1-5-32-20-7-6-18(16(3)25(20)29-30-32)19(11-24(33)36-4)22-10-17(26(27)38-22)14-31-13-15(2)37-21-8-9-28-12-23(21)39(31,34)35/h6-10,12,15,19H,5,11,13-14H2,1-4H3/t15-,19+/m1/s1. The lowest BCUT2D eigenvalue weighted by Gasteiger charge is -2.21. The van der Waals surface area contributed by atoms with Gasteiger partial charge in [-0.1, -0.05) is 22.9 Å². The Morgan fingerprint density at radius 3 is 2.87 bits per heavy atom. The number of carbonyl (C=O) groups excluding carboxylic acids is 1. The molecule has 0 unspecified atom stereocenters. The van der Waals surface area contributed by atoms with Crippen molar-refractivity contribution in [2.75, 3.05) is 13.7 Å². The number of hydrogen-bond acceptors (Lipinski definition) is 9. The quantitative estimate of drug-likeness (QED) is 0.289. The van der Waals surface area contributed by atoms with Crippen molar-refractivity contribution in [2.45, 2.75) is 57.2 Å². The summed E-state index contributed by atoms with van der Waals surface area (Å²) in [5, 5.41) is 8.59. The van der Waals surface area contributed by atoms with Crippen molar-refractivity contribution < 1.29 is 22.7 Å². The van der Waals surface area contributed by atoms with Crippen LogP contribution in [0.15, 0.2) is 41.6 Å². The molecule has 0 fully saturated rings. The summed E-state index contributed by atoms with van der Waals surface area (Å²) < 4.78 is 41.5. The first kappa shape index (κ1) is 27.5. The number of nitrogens with zero attached hydrogens (tertiary/aromatic N) is 5. The number of esters is 1. The molecule has 10 nitrogen and oxygen atoms in total. The van der Waals surface area contributed by atoms with Crippen LogP contribution < -0.4 is 4.74 Å². The van der Waals surface area contributed by atoms with E-state index in [4.69, 9.17) is 21.1 Å². The number of pyridine rings is 1. The number of methoxy groups -OCH3 is 1. The zero-order chi connectivity index (χ0) is 27.9. The van der Waals surface area contributed by atoms with Gasteiger partial charge >= 0.3 is 5.97 Å². The van der Waals surface area contributed by atoms with Crippen molar-refractivity contribution in [3.8, 4) is 5.75 Å². The Morgan fingerprint density at radius 2 is 2.13 bits per heavy atom. The normalized spacial score (nSPS) is 17.8. The molecule has 39 heavy (non-hydrogen) atoms. The zero-order valence-corrected chi connectivity index (χ0v) is 24.3. The summed E-state index contributed by atoms with van der Waals surface area (Å²) in [5.74, 6) is -0.452. The minimum Gasteiger partial charge on any atom is -0.488 e. The van der Waals surface area contributed by atoms with E-state index in [1.165, 1.54) is 35.1 Å². The first-order valence-electron chi connectivity index (χ1n) is 12.4. The average molecular weight is 590 g/mol. The predicted octanol–water partition coefficient (Wildman–Crippen LogP) is 4.54. The van der Waals surface area contributed by atoms with Crippen molar-refractivity contribution in [1.29, 1.82) is 0 Å². The van der Waals surface area contributed by atoms with Gasteiger partial charge in [0.05, 0.1) is 36.1 Å². The molecule has 1 aliphatic rings. The van der Waals surface area contributed by atoms with E-state index in [-0.39, 0.29) is 48.1 Å². The Labute approximate surface area is 235 Å². The van der Waals surface area contributed by atoms with Crippen LogP contribution in [0.2, 0.25) is 4.34 Å². The van der Waals surface area contributed by atoms with Gasteiger partial charge in [-0.3, -0.25) is 9.78 Å². The molecule has 0 bridgehead atoms. The smallest absolute Gasteiger partial charge is 0.306 e. The number of aryl methyl sites for hydroxylation is 2. The minimum atomic E-state index is -3.88. The zero-order valence-electron chi connectivity index (χ0n) is 21.9. The fourth-order valence-electron chi connectivity index (χ4n) is 4.89. The maximum absolute atomic E-state index is 13.5. The van der Waals surface area contributed by atoms with E-state index >= 15 is 0 Å². The Kier molecular flexibility index (Phi) is 7.64. The SMILES string of the molecule is CCn1nnc2c(C)c([C@H](CC(=O)OC)c3cc(CN4C[C@@H](C)Oc5ccncc5S4(=O)=O)c(Cl)s3)ccc21. The monoisotopic (exact) mass is 589 g/mol. The van der Waals surface area contributed by atoms with Gasteiger partial charge in [0.15, 0.2) is 0 Å². The molecule has 1 aliphatic heterocycles. The highest BCUT2D eigenvalue weighted by molar-refractivity contribution is 7.89. The van der Waals surface area contributed by atoms with Gasteiger partial charge < -0.3 is 9.47 Å². The van der Waals surface area contributed by atoms with Gasteiger partial charge in [-0.15, -0.1) is 16.4 Å². The molecule has 13 heteroatoms. The first-order valence-corrected chi connectivity index (χ1v) is 15.1. The molecule has 0 saturated carbocycles. The minimum absolute atomic E-state index is 0.0218. The van der Waals surface area contributed by atoms with Crippen LogP contribution in [-0.2, 0) is 32.6 Å². The van der Waals surface area contributed by atoms with E-state index in [1.807, 2.05) is 43.7 Å². The van der Waals surface area contributed by atoms with Crippen LogP contribution in [0.4, 0.5) is 0 Å². The molecule has 1 aromatic carbocycles. The van der Waals surface area contributed by atoms with Crippen LogP contribution in [0, 0.1) is 6.92 Å². The first-order chi connectivity index (χ1) is 18.6. The molecule has 206 valence electrons. The van der Waals surface area contributed by atoms with Crippen LogP contribution in [0.25, 0.3) is 11.0 Å². The van der Waals surface area contributed by atoms with Crippen molar-refractivity contribution >= 4 is 50.0 Å². The lowest BCUT2D eigenvalue weighted by molar-refractivity contribution is -0.140. The number of rotatable bonds is 7.